The molecular weight excluding hydrogens is 252 g/mol. The molecule has 0 aromatic heterocycles. The lowest BCUT2D eigenvalue weighted by Gasteiger charge is -2.10. The zero-order valence-electron chi connectivity index (χ0n) is 10.8. The van der Waals surface area contributed by atoms with Crippen molar-refractivity contribution in [3.63, 3.8) is 0 Å². The smallest absolute Gasteiger partial charge is 0.240 e. The number of rotatable bonds is 7. The van der Waals surface area contributed by atoms with Gasteiger partial charge in [-0.05, 0) is 44.8 Å². The van der Waals surface area contributed by atoms with Crippen LogP contribution in [0.1, 0.15) is 12.0 Å². The lowest BCUT2D eigenvalue weighted by atomic mass is 10.2. The van der Waals surface area contributed by atoms with E-state index in [2.05, 4.69) is 4.72 Å². The predicted octanol–water partition coefficient (Wildman–Crippen LogP) is 0.409. The fourth-order valence-corrected chi connectivity index (χ4v) is 2.53. The molecule has 1 aromatic carbocycles. The van der Waals surface area contributed by atoms with Crippen molar-refractivity contribution in [2.45, 2.75) is 17.9 Å². The highest BCUT2D eigenvalue weighted by molar-refractivity contribution is 7.89. The van der Waals surface area contributed by atoms with Crippen LogP contribution in [0.3, 0.4) is 0 Å². The third-order valence-corrected chi connectivity index (χ3v) is 3.97. The van der Waals surface area contributed by atoms with Crippen LogP contribution in [0.4, 0.5) is 0 Å². The van der Waals surface area contributed by atoms with E-state index in [-0.39, 0.29) is 11.5 Å². The Morgan fingerprint density at radius 3 is 2.33 bits per heavy atom. The summed E-state index contributed by atoms with van der Waals surface area (Å²) in [5.41, 5.74) is 0.696. The molecule has 0 saturated carbocycles. The van der Waals surface area contributed by atoms with Gasteiger partial charge in [-0.25, -0.2) is 13.1 Å². The van der Waals surface area contributed by atoms with Crippen LogP contribution in [-0.2, 0) is 16.6 Å². The summed E-state index contributed by atoms with van der Waals surface area (Å²) in [7, 11) is 0.460. The van der Waals surface area contributed by atoms with E-state index in [1.165, 1.54) is 12.1 Å². The molecule has 0 aliphatic carbocycles. The summed E-state index contributed by atoms with van der Waals surface area (Å²) in [4.78, 5) is 2.23. The number of benzene rings is 1. The average Bonchev–Trinajstić information content (AvgIpc) is 2.34. The molecule has 0 bridgehead atoms. The minimum atomic E-state index is -3.43. The molecule has 0 aliphatic heterocycles. The minimum Gasteiger partial charge on any atom is -0.392 e. The summed E-state index contributed by atoms with van der Waals surface area (Å²) < 4.78 is 26.3. The van der Waals surface area contributed by atoms with Crippen molar-refractivity contribution in [3.8, 4) is 0 Å². The Balaban J connectivity index is 2.57. The first-order valence-electron chi connectivity index (χ1n) is 5.80. The molecule has 1 rings (SSSR count). The van der Waals surface area contributed by atoms with Gasteiger partial charge in [0.05, 0.1) is 11.5 Å². The molecule has 0 spiro atoms. The maximum absolute atomic E-state index is 11.9. The first-order chi connectivity index (χ1) is 8.45. The van der Waals surface area contributed by atoms with E-state index in [4.69, 9.17) is 5.11 Å². The molecule has 18 heavy (non-hydrogen) atoms. The Labute approximate surface area is 108 Å². The summed E-state index contributed by atoms with van der Waals surface area (Å²) >= 11 is 0. The van der Waals surface area contributed by atoms with E-state index in [0.29, 0.717) is 12.1 Å². The number of sulfonamides is 1. The quantitative estimate of drug-likeness (QED) is 0.705. The predicted molar refractivity (Wildman–Crippen MR) is 70.7 cm³/mol. The average molecular weight is 272 g/mol. The summed E-state index contributed by atoms with van der Waals surface area (Å²) in [6.45, 7) is 1.17. The number of nitrogens with one attached hydrogen (secondary N) is 1. The Morgan fingerprint density at radius 1 is 1.22 bits per heavy atom. The first kappa shape index (κ1) is 15.1. The third-order valence-electron chi connectivity index (χ3n) is 2.49. The maximum Gasteiger partial charge on any atom is 0.240 e. The van der Waals surface area contributed by atoms with Crippen LogP contribution >= 0.6 is 0 Å². The number of aliphatic hydroxyl groups is 1. The van der Waals surface area contributed by atoms with E-state index in [1.807, 2.05) is 19.0 Å². The maximum atomic E-state index is 11.9. The fourth-order valence-electron chi connectivity index (χ4n) is 1.46. The molecule has 0 radical (unpaired) electrons. The molecule has 102 valence electrons. The fraction of sp³-hybridized carbons (Fsp3) is 0.500. The van der Waals surface area contributed by atoms with Crippen LogP contribution in [-0.4, -0.2) is 45.6 Å². The molecule has 0 heterocycles. The first-order valence-corrected chi connectivity index (χ1v) is 7.28. The van der Waals surface area contributed by atoms with E-state index in [9.17, 15) is 8.42 Å². The SMILES string of the molecule is CN(C)CCCNS(=O)(=O)c1ccc(CO)cc1. The Kier molecular flexibility index (Phi) is 5.74. The monoisotopic (exact) mass is 272 g/mol. The molecule has 0 fully saturated rings. The Hall–Kier alpha value is -0.950. The van der Waals surface area contributed by atoms with E-state index >= 15 is 0 Å². The summed E-state index contributed by atoms with van der Waals surface area (Å²) in [5.74, 6) is 0. The zero-order valence-corrected chi connectivity index (χ0v) is 11.6. The standard InChI is InChI=1S/C12H20N2O3S/c1-14(2)9-3-8-13-18(16,17)12-6-4-11(10-15)5-7-12/h4-7,13,15H,3,8-10H2,1-2H3. The molecule has 0 aliphatic rings. The topological polar surface area (TPSA) is 69.6 Å². The van der Waals surface area contributed by atoms with Gasteiger partial charge in [-0.3, -0.25) is 0 Å². The van der Waals surface area contributed by atoms with Gasteiger partial charge in [-0.1, -0.05) is 12.1 Å². The third kappa shape index (κ3) is 4.73. The minimum absolute atomic E-state index is 0.0867. The van der Waals surface area contributed by atoms with Crippen molar-refractivity contribution in [1.29, 1.82) is 0 Å². The zero-order chi connectivity index (χ0) is 13.6. The molecule has 2 N–H and O–H groups in total. The van der Waals surface area contributed by atoms with Crippen LogP contribution in [0.5, 0.6) is 0 Å². The van der Waals surface area contributed by atoms with Crippen LogP contribution in [0.2, 0.25) is 0 Å². The van der Waals surface area contributed by atoms with Gasteiger partial charge in [0.15, 0.2) is 0 Å². The summed E-state index contributed by atoms with van der Waals surface area (Å²) in [5, 5.41) is 8.89. The van der Waals surface area contributed by atoms with Gasteiger partial charge in [0.2, 0.25) is 10.0 Å². The highest BCUT2D eigenvalue weighted by atomic mass is 32.2. The van der Waals surface area contributed by atoms with Crippen molar-refractivity contribution in [1.82, 2.24) is 9.62 Å². The number of hydrogen-bond acceptors (Lipinski definition) is 4. The normalized spacial score (nSPS) is 12.0. The largest absolute Gasteiger partial charge is 0.392 e. The number of nitrogens with zero attached hydrogens (tertiary/aromatic N) is 1. The molecule has 0 unspecified atom stereocenters. The van der Waals surface area contributed by atoms with Crippen molar-refractivity contribution < 1.29 is 13.5 Å². The van der Waals surface area contributed by atoms with Crippen LogP contribution in [0.25, 0.3) is 0 Å². The van der Waals surface area contributed by atoms with Gasteiger partial charge in [0.25, 0.3) is 0 Å². The van der Waals surface area contributed by atoms with E-state index in [1.54, 1.807) is 12.1 Å². The molecule has 0 amide bonds. The second kappa shape index (κ2) is 6.84. The highest BCUT2D eigenvalue weighted by Crippen LogP contribution is 2.10. The van der Waals surface area contributed by atoms with Crippen molar-refractivity contribution in [2.24, 2.45) is 0 Å². The molecule has 1 aromatic rings. The molecule has 5 nitrogen and oxygen atoms in total. The van der Waals surface area contributed by atoms with Gasteiger partial charge < -0.3 is 10.0 Å². The summed E-state index contributed by atoms with van der Waals surface area (Å²) in [6, 6.07) is 6.21. The van der Waals surface area contributed by atoms with Crippen LogP contribution in [0, 0.1) is 0 Å². The Morgan fingerprint density at radius 2 is 1.83 bits per heavy atom. The van der Waals surface area contributed by atoms with Gasteiger partial charge in [-0.2, -0.15) is 0 Å². The Bertz CT molecular complexity index is 455. The lowest BCUT2D eigenvalue weighted by Crippen LogP contribution is -2.27. The van der Waals surface area contributed by atoms with Gasteiger partial charge >= 0.3 is 0 Å². The van der Waals surface area contributed by atoms with Crippen molar-refractivity contribution >= 4 is 10.0 Å². The molecular formula is C12H20N2O3S. The highest BCUT2D eigenvalue weighted by Gasteiger charge is 2.12. The van der Waals surface area contributed by atoms with Gasteiger partial charge in [0.1, 0.15) is 0 Å². The molecule has 0 saturated heterocycles. The van der Waals surface area contributed by atoms with Crippen LogP contribution < -0.4 is 4.72 Å². The van der Waals surface area contributed by atoms with Crippen molar-refractivity contribution in [2.75, 3.05) is 27.2 Å². The van der Waals surface area contributed by atoms with Crippen molar-refractivity contribution in [3.05, 3.63) is 29.8 Å². The molecule has 6 heteroatoms. The summed E-state index contributed by atoms with van der Waals surface area (Å²) in [6.07, 6.45) is 0.765. The number of aliphatic hydroxyl groups excluding tert-OH is 1. The van der Waals surface area contributed by atoms with Crippen LogP contribution in [0.15, 0.2) is 29.2 Å². The number of hydrogen-bond donors (Lipinski definition) is 2. The second-order valence-electron chi connectivity index (χ2n) is 4.36. The van der Waals surface area contributed by atoms with Gasteiger partial charge in [-0.15, -0.1) is 0 Å². The molecule has 0 atom stereocenters. The van der Waals surface area contributed by atoms with Gasteiger partial charge in [0, 0.05) is 6.54 Å². The van der Waals surface area contributed by atoms with E-state index < -0.39 is 10.0 Å². The second-order valence-corrected chi connectivity index (χ2v) is 6.12. The van der Waals surface area contributed by atoms with E-state index in [0.717, 1.165) is 13.0 Å². The lowest BCUT2D eigenvalue weighted by molar-refractivity contribution is 0.282.